The third-order valence-corrected chi connectivity index (χ3v) is 2.91. The monoisotopic (exact) mass is 273 g/mol. The summed E-state index contributed by atoms with van der Waals surface area (Å²) in [5.74, 6) is 1.47. The number of carbonyl (C=O) groups excluding carboxylic acids is 1. The van der Waals surface area contributed by atoms with E-state index in [1.165, 1.54) is 0 Å². The molecule has 0 atom stereocenters. The molecule has 0 unspecified atom stereocenters. The second-order valence-electron chi connectivity index (χ2n) is 4.48. The van der Waals surface area contributed by atoms with E-state index in [0.717, 1.165) is 30.2 Å². The Morgan fingerprint density at radius 3 is 2.55 bits per heavy atom. The van der Waals surface area contributed by atoms with Crippen LogP contribution < -0.4 is 11.1 Å². The van der Waals surface area contributed by atoms with Crippen LogP contribution in [0.15, 0.2) is 24.3 Å². The van der Waals surface area contributed by atoms with Crippen LogP contribution in [0.2, 0.25) is 0 Å². The number of hydrogen-bond donors (Lipinski definition) is 2. The molecule has 0 radical (unpaired) electrons. The van der Waals surface area contributed by atoms with Gasteiger partial charge in [-0.15, -0.1) is 0 Å². The van der Waals surface area contributed by atoms with Crippen LogP contribution >= 0.6 is 0 Å². The molecule has 2 rings (SSSR count). The number of hydrogen-bond acceptors (Lipinski definition) is 4. The largest absolute Gasteiger partial charge is 0.399 e. The van der Waals surface area contributed by atoms with E-state index in [4.69, 9.17) is 5.73 Å². The Labute approximate surface area is 118 Å². The molecule has 1 aromatic carbocycles. The second-order valence-corrected chi connectivity index (χ2v) is 4.48. The Morgan fingerprint density at radius 1 is 1.25 bits per heavy atom. The van der Waals surface area contributed by atoms with Crippen LogP contribution in [0, 0.1) is 0 Å². The van der Waals surface area contributed by atoms with Gasteiger partial charge in [-0.2, -0.15) is 5.10 Å². The predicted molar refractivity (Wildman–Crippen MR) is 78.3 cm³/mol. The van der Waals surface area contributed by atoms with E-state index >= 15 is 0 Å². The summed E-state index contributed by atoms with van der Waals surface area (Å²) < 4.78 is 1.66. The highest BCUT2D eigenvalue weighted by Crippen LogP contribution is 2.10. The van der Waals surface area contributed by atoms with Gasteiger partial charge >= 0.3 is 0 Å². The molecule has 0 aliphatic heterocycles. The lowest BCUT2D eigenvalue weighted by atomic mass is 10.3. The van der Waals surface area contributed by atoms with Gasteiger partial charge in [0.1, 0.15) is 12.4 Å². The first-order chi connectivity index (χ1) is 9.62. The number of nitrogen functional groups attached to an aromatic ring is 1. The first-order valence-electron chi connectivity index (χ1n) is 6.70. The summed E-state index contributed by atoms with van der Waals surface area (Å²) in [5.41, 5.74) is 6.99. The molecule has 3 N–H and O–H groups in total. The molecule has 1 heterocycles. The Kier molecular flexibility index (Phi) is 4.34. The summed E-state index contributed by atoms with van der Waals surface area (Å²) >= 11 is 0. The van der Waals surface area contributed by atoms with Gasteiger partial charge in [-0.05, 0) is 24.3 Å². The van der Waals surface area contributed by atoms with Crippen LogP contribution in [-0.2, 0) is 24.2 Å². The summed E-state index contributed by atoms with van der Waals surface area (Å²) in [6.07, 6.45) is 1.52. The summed E-state index contributed by atoms with van der Waals surface area (Å²) in [6, 6.07) is 7.04. The molecule has 1 amide bonds. The quantitative estimate of drug-likeness (QED) is 0.811. The zero-order valence-corrected chi connectivity index (χ0v) is 11.8. The second kappa shape index (κ2) is 6.18. The van der Waals surface area contributed by atoms with E-state index in [2.05, 4.69) is 15.4 Å². The number of rotatable bonds is 5. The van der Waals surface area contributed by atoms with Crippen LogP contribution in [0.3, 0.4) is 0 Å². The van der Waals surface area contributed by atoms with Crippen molar-refractivity contribution in [1.29, 1.82) is 0 Å². The molecule has 0 aliphatic carbocycles. The van der Waals surface area contributed by atoms with Crippen molar-refractivity contribution in [3.05, 3.63) is 35.9 Å². The maximum atomic E-state index is 12.0. The van der Waals surface area contributed by atoms with Gasteiger partial charge in [-0.3, -0.25) is 4.79 Å². The van der Waals surface area contributed by atoms with Crippen molar-refractivity contribution in [2.24, 2.45) is 0 Å². The fourth-order valence-electron chi connectivity index (χ4n) is 1.87. The maximum Gasteiger partial charge on any atom is 0.246 e. The highest BCUT2D eigenvalue weighted by molar-refractivity contribution is 5.90. The SMILES string of the molecule is CCc1nc(CC)n(CC(=O)Nc2ccc(N)cc2)n1. The van der Waals surface area contributed by atoms with Crippen molar-refractivity contribution >= 4 is 17.3 Å². The smallest absolute Gasteiger partial charge is 0.246 e. The molecule has 0 bridgehead atoms. The number of carbonyl (C=O) groups is 1. The molecule has 2 aromatic rings. The van der Waals surface area contributed by atoms with Crippen LogP contribution in [0.4, 0.5) is 11.4 Å². The first-order valence-corrected chi connectivity index (χ1v) is 6.70. The van der Waals surface area contributed by atoms with Gasteiger partial charge in [0.2, 0.25) is 5.91 Å². The minimum absolute atomic E-state index is 0.128. The molecule has 6 nitrogen and oxygen atoms in total. The summed E-state index contributed by atoms with van der Waals surface area (Å²) in [4.78, 5) is 16.4. The van der Waals surface area contributed by atoms with Crippen LogP contribution in [0.25, 0.3) is 0 Å². The van der Waals surface area contributed by atoms with E-state index in [9.17, 15) is 4.79 Å². The molecule has 0 saturated carbocycles. The van der Waals surface area contributed by atoms with Crippen LogP contribution in [0.1, 0.15) is 25.5 Å². The van der Waals surface area contributed by atoms with Crippen molar-refractivity contribution in [2.75, 3.05) is 11.1 Å². The van der Waals surface area contributed by atoms with Crippen molar-refractivity contribution in [3.8, 4) is 0 Å². The number of aryl methyl sites for hydroxylation is 2. The van der Waals surface area contributed by atoms with Crippen molar-refractivity contribution in [3.63, 3.8) is 0 Å². The number of nitrogens with two attached hydrogens (primary N) is 1. The number of aromatic nitrogens is 3. The number of benzene rings is 1. The van der Waals surface area contributed by atoms with Gasteiger partial charge in [0, 0.05) is 24.2 Å². The first kappa shape index (κ1) is 14.0. The summed E-state index contributed by atoms with van der Waals surface area (Å²) in [5, 5.41) is 7.13. The molecule has 20 heavy (non-hydrogen) atoms. The van der Waals surface area contributed by atoms with Crippen molar-refractivity contribution in [1.82, 2.24) is 14.8 Å². The number of amides is 1. The van der Waals surface area contributed by atoms with E-state index < -0.39 is 0 Å². The van der Waals surface area contributed by atoms with E-state index in [1.807, 2.05) is 13.8 Å². The zero-order valence-electron chi connectivity index (χ0n) is 11.8. The Bertz CT molecular complexity index is 588. The van der Waals surface area contributed by atoms with E-state index in [-0.39, 0.29) is 12.5 Å². The Balaban J connectivity index is 2.04. The maximum absolute atomic E-state index is 12.0. The van der Waals surface area contributed by atoms with Gasteiger partial charge in [-0.1, -0.05) is 13.8 Å². The van der Waals surface area contributed by atoms with Gasteiger partial charge in [0.25, 0.3) is 0 Å². The fourth-order valence-corrected chi connectivity index (χ4v) is 1.87. The van der Waals surface area contributed by atoms with E-state index in [0.29, 0.717) is 5.69 Å². The fraction of sp³-hybridized carbons (Fsp3) is 0.357. The van der Waals surface area contributed by atoms with Crippen LogP contribution in [0.5, 0.6) is 0 Å². The molecule has 1 aromatic heterocycles. The molecule has 0 aliphatic rings. The number of anilines is 2. The molecule has 0 spiro atoms. The average Bonchev–Trinajstić information content (AvgIpc) is 2.83. The van der Waals surface area contributed by atoms with Gasteiger partial charge in [0.15, 0.2) is 5.82 Å². The summed E-state index contributed by atoms with van der Waals surface area (Å²) in [7, 11) is 0. The standard InChI is InChI=1S/C14H19N5O/c1-3-12-17-13(4-2)19(18-12)9-14(20)16-11-7-5-10(15)6-8-11/h5-8H,3-4,9,15H2,1-2H3,(H,16,20). The zero-order chi connectivity index (χ0) is 14.5. The third kappa shape index (κ3) is 3.34. The highest BCUT2D eigenvalue weighted by Gasteiger charge is 2.11. The normalized spacial score (nSPS) is 10.5. The van der Waals surface area contributed by atoms with E-state index in [1.54, 1.807) is 28.9 Å². The predicted octanol–water partition coefficient (Wildman–Crippen LogP) is 1.62. The average molecular weight is 273 g/mol. The lowest BCUT2D eigenvalue weighted by Crippen LogP contribution is -2.21. The Hall–Kier alpha value is -2.37. The number of nitrogens with zero attached hydrogens (tertiary/aromatic N) is 3. The molecular weight excluding hydrogens is 254 g/mol. The lowest BCUT2D eigenvalue weighted by Gasteiger charge is -2.07. The lowest BCUT2D eigenvalue weighted by molar-refractivity contribution is -0.116. The molecule has 6 heteroatoms. The van der Waals surface area contributed by atoms with Crippen molar-refractivity contribution < 1.29 is 4.79 Å². The van der Waals surface area contributed by atoms with Gasteiger partial charge < -0.3 is 11.1 Å². The van der Waals surface area contributed by atoms with Crippen LogP contribution in [-0.4, -0.2) is 20.7 Å². The Morgan fingerprint density at radius 2 is 1.95 bits per heavy atom. The summed E-state index contributed by atoms with van der Waals surface area (Å²) in [6.45, 7) is 4.16. The topological polar surface area (TPSA) is 85.8 Å². The molecule has 0 fully saturated rings. The molecule has 0 saturated heterocycles. The minimum atomic E-state index is -0.128. The minimum Gasteiger partial charge on any atom is -0.399 e. The molecule has 106 valence electrons. The molecular formula is C14H19N5O. The van der Waals surface area contributed by atoms with Gasteiger partial charge in [0.05, 0.1) is 0 Å². The third-order valence-electron chi connectivity index (χ3n) is 2.91. The van der Waals surface area contributed by atoms with Gasteiger partial charge in [-0.25, -0.2) is 9.67 Å². The highest BCUT2D eigenvalue weighted by atomic mass is 16.2. The van der Waals surface area contributed by atoms with Crippen molar-refractivity contribution in [2.45, 2.75) is 33.2 Å². The number of nitrogens with one attached hydrogen (secondary N) is 1.